The standard InChI is InChI=1S/C18H18F2N2O3S/c19-13-4-8-15(9-5-13)21-18(23)17-3-1-2-12-22(17)26(24,25)16-10-6-14(20)7-11-16/h4-11,17H,1-3,12H2,(H,21,23)/t17-/m1/s1. The molecule has 0 bridgehead atoms. The van der Waals surface area contributed by atoms with Crippen LogP contribution in [0.15, 0.2) is 53.4 Å². The van der Waals surface area contributed by atoms with E-state index in [1.807, 2.05) is 0 Å². The summed E-state index contributed by atoms with van der Waals surface area (Å²) in [6.07, 6.45) is 1.74. The van der Waals surface area contributed by atoms with Crippen LogP contribution in [-0.4, -0.2) is 31.2 Å². The van der Waals surface area contributed by atoms with E-state index in [0.717, 1.165) is 22.9 Å². The minimum atomic E-state index is -3.93. The monoisotopic (exact) mass is 380 g/mol. The Bertz CT molecular complexity index is 884. The molecule has 2 aromatic carbocycles. The van der Waals surface area contributed by atoms with Gasteiger partial charge in [0.05, 0.1) is 4.90 Å². The molecule has 1 N–H and O–H groups in total. The normalized spacial score (nSPS) is 18.5. The molecule has 1 saturated heterocycles. The molecule has 138 valence electrons. The molecular weight excluding hydrogens is 362 g/mol. The molecule has 1 fully saturated rings. The lowest BCUT2D eigenvalue weighted by atomic mass is 10.0. The molecule has 1 amide bonds. The molecule has 2 aromatic rings. The second-order valence-electron chi connectivity index (χ2n) is 6.08. The van der Waals surface area contributed by atoms with E-state index >= 15 is 0 Å². The quantitative estimate of drug-likeness (QED) is 0.886. The van der Waals surface area contributed by atoms with Gasteiger partial charge in [-0.05, 0) is 61.4 Å². The third kappa shape index (κ3) is 3.91. The van der Waals surface area contributed by atoms with Crippen molar-refractivity contribution >= 4 is 21.6 Å². The summed E-state index contributed by atoms with van der Waals surface area (Å²) in [5, 5.41) is 2.63. The summed E-state index contributed by atoms with van der Waals surface area (Å²) in [4.78, 5) is 12.6. The van der Waals surface area contributed by atoms with E-state index in [1.54, 1.807) is 0 Å². The third-order valence-electron chi connectivity index (χ3n) is 4.29. The fourth-order valence-corrected chi connectivity index (χ4v) is 4.61. The van der Waals surface area contributed by atoms with Crippen molar-refractivity contribution in [1.82, 2.24) is 4.31 Å². The number of hydrogen-bond acceptors (Lipinski definition) is 3. The number of benzene rings is 2. The van der Waals surface area contributed by atoms with E-state index in [4.69, 9.17) is 0 Å². The molecule has 0 spiro atoms. The maximum atomic E-state index is 13.1. The van der Waals surface area contributed by atoms with Gasteiger partial charge in [-0.1, -0.05) is 6.42 Å². The van der Waals surface area contributed by atoms with Gasteiger partial charge >= 0.3 is 0 Å². The van der Waals surface area contributed by atoms with Gasteiger partial charge in [0, 0.05) is 12.2 Å². The Labute approximate surface area is 150 Å². The van der Waals surface area contributed by atoms with E-state index in [1.165, 1.54) is 36.4 Å². The Morgan fingerprint density at radius 2 is 1.54 bits per heavy atom. The number of piperidine rings is 1. The Hall–Kier alpha value is -2.32. The number of carbonyl (C=O) groups excluding carboxylic acids is 1. The van der Waals surface area contributed by atoms with Crippen molar-refractivity contribution in [2.75, 3.05) is 11.9 Å². The van der Waals surface area contributed by atoms with Gasteiger partial charge in [0.2, 0.25) is 15.9 Å². The van der Waals surface area contributed by atoms with Crippen LogP contribution >= 0.6 is 0 Å². The fraction of sp³-hybridized carbons (Fsp3) is 0.278. The first kappa shape index (κ1) is 18.5. The van der Waals surface area contributed by atoms with Gasteiger partial charge in [-0.3, -0.25) is 4.79 Å². The molecule has 0 unspecified atom stereocenters. The van der Waals surface area contributed by atoms with Crippen LogP contribution < -0.4 is 5.32 Å². The summed E-state index contributed by atoms with van der Waals surface area (Å²) in [5.41, 5.74) is 0.390. The van der Waals surface area contributed by atoms with E-state index in [2.05, 4.69) is 5.32 Å². The smallest absolute Gasteiger partial charge is 0.243 e. The number of carbonyl (C=O) groups is 1. The highest BCUT2D eigenvalue weighted by Gasteiger charge is 2.37. The minimum absolute atomic E-state index is 0.0552. The number of rotatable bonds is 4. The van der Waals surface area contributed by atoms with Gasteiger partial charge < -0.3 is 5.32 Å². The van der Waals surface area contributed by atoms with Gasteiger partial charge in [-0.25, -0.2) is 17.2 Å². The zero-order chi connectivity index (χ0) is 18.7. The highest BCUT2D eigenvalue weighted by molar-refractivity contribution is 7.89. The Kier molecular flexibility index (Phi) is 5.33. The van der Waals surface area contributed by atoms with Gasteiger partial charge in [0.15, 0.2) is 0 Å². The lowest BCUT2D eigenvalue weighted by Gasteiger charge is -2.33. The molecule has 0 saturated carbocycles. The molecular formula is C18H18F2N2O3S. The van der Waals surface area contributed by atoms with Crippen LogP contribution in [0.1, 0.15) is 19.3 Å². The average Bonchev–Trinajstić information content (AvgIpc) is 2.64. The Morgan fingerprint density at radius 1 is 0.962 bits per heavy atom. The van der Waals surface area contributed by atoms with Crippen LogP contribution in [0.5, 0.6) is 0 Å². The van der Waals surface area contributed by atoms with Crippen LogP contribution in [0, 0.1) is 11.6 Å². The van der Waals surface area contributed by atoms with Crippen molar-refractivity contribution in [3.05, 3.63) is 60.2 Å². The Balaban J connectivity index is 1.83. The molecule has 0 aromatic heterocycles. The zero-order valence-corrected chi connectivity index (χ0v) is 14.7. The number of nitrogens with one attached hydrogen (secondary N) is 1. The molecule has 8 heteroatoms. The van der Waals surface area contributed by atoms with Crippen molar-refractivity contribution in [2.24, 2.45) is 0 Å². The SMILES string of the molecule is O=C(Nc1ccc(F)cc1)[C@H]1CCCCN1S(=O)(=O)c1ccc(F)cc1. The Morgan fingerprint density at radius 3 is 2.15 bits per heavy atom. The van der Waals surface area contributed by atoms with Crippen molar-refractivity contribution in [3.8, 4) is 0 Å². The number of amides is 1. The van der Waals surface area contributed by atoms with E-state index in [9.17, 15) is 22.0 Å². The molecule has 26 heavy (non-hydrogen) atoms. The topological polar surface area (TPSA) is 66.5 Å². The maximum absolute atomic E-state index is 13.1. The summed E-state index contributed by atoms with van der Waals surface area (Å²) in [6, 6.07) is 8.90. The molecule has 3 rings (SSSR count). The first-order valence-electron chi connectivity index (χ1n) is 8.22. The second-order valence-corrected chi connectivity index (χ2v) is 7.97. The van der Waals surface area contributed by atoms with Gasteiger partial charge in [0.1, 0.15) is 17.7 Å². The summed E-state index contributed by atoms with van der Waals surface area (Å²) in [7, 11) is -3.93. The first-order valence-corrected chi connectivity index (χ1v) is 9.66. The highest BCUT2D eigenvalue weighted by atomic mass is 32.2. The molecule has 5 nitrogen and oxygen atoms in total. The molecule has 0 radical (unpaired) electrons. The minimum Gasteiger partial charge on any atom is -0.325 e. The van der Waals surface area contributed by atoms with Gasteiger partial charge in [-0.15, -0.1) is 0 Å². The number of nitrogens with zero attached hydrogens (tertiary/aromatic N) is 1. The van der Waals surface area contributed by atoms with Crippen LogP contribution in [0.4, 0.5) is 14.5 Å². The number of sulfonamides is 1. The number of anilines is 1. The third-order valence-corrected chi connectivity index (χ3v) is 6.21. The maximum Gasteiger partial charge on any atom is 0.243 e. The number of hydrogen-bond donors (Lipinski definition) is 1. The first-order chi connectivity index (χ1) is 12.4. The van der Waals surface area contributed by atoms with Gasteiger partial charge in [0.25, 0.3) is 0 Å². The molecule has 1 aliphatic heterocycles. The lowest BCUT2D eigenvalue weighted by molar-refractivity contribution is -0.120. The summed E-state index contributed by atoms with van der Waals surface area (Å²) in [6.45, 7) is 0.210. The van der Waals surface area contributed by atoms with Crippen molar-refractivity contribution in [2.45, 2.75) is 30.2 Å². The summed E-state index contributed by atoms with van der Waals surface area (Å²) >= 11 is 0. The van der Waals surface area contributed by atoms with Crippen LogP contribution in [0.3, 0.4) is 0 Å². The molecule has 1 aliphatic rings. The van der Waals surface area contributed by atoms with E-state index < -0.39 is 33.6 Å². The van der Waals surface area contributed by atoms with Gasteiger partial charge in [-0.2, -0.15) is 4.31 Å². The van der Waals surface area contributed by atoms with Crippen molar-refractivity contribution in [1.29, 1.82) is 0 Å². The highest BCUT2D eigenvalue weighted by Crippen LogP contribution is 2.26. The second kappa shape index (κ2) is 7.51. The zero-order valence-electron chi connectivity index (χ0n) is 13.9. The molecule has 1 atom stereocenters. The average molecular weight is 380 g/mol. The van der Waals surface area contributed by atoms with Crippen LogP contribution in [-0.2, 0) is 14.8 Å². The fourth-order valence-electron chi connectivity index (χ4n) is 2.96. The van der Waals surface area contributed by atoms with E-state index in [-0.39, 0.29) is 11.4 Å². The largest absolute Gasteiger partial charge is 0.325 e. The van der Waals surface area contributed by atoms with Crippen LogP contribution in [0.2, 0.25) is 0 Å². The lowest BCUT2D eigenvalue weighted by Crippen LogP contribution is -2.49. The predicted molar refractivity (Wildman–Crippen MR) is 93.0 cm³/mol. The predicted octanol–water partition coefficient (Wildman–Crippen LogP) is 3.15. The molecule has 1 heterocycles. The van der Waals surface area contributed by atoms with Crippen LogP contribution in [0.25, 0.3) is 0 Å². The van der Waals surface area contributed by atoms with Crippen molar-refractivity contribution < 1.29 is 22.0 Å². The summed E-state index contributed by atoms with van der Waals surface area (Å²) in [5.74, 6) is -1.43. The van der Waals surface area contributed by atoms with Crippen molar-refractivity contribution in [3.63, 3.8) is 0 Å². The van der Waals surface area contributed by atoms with E-state index in [0.29, 0.717) is 18.5 Å². The summed E-state index contributed by atoms with van der Waals surface area (Å²) < 4.78 is 53.0. The molecule has 0 aliphatic carbocycles. The number of halogens is 2.